The van der Waals surface area contributed by atoms with E-state index in [2.05, 4.69) is 31.9 Å². The topological polar surface area (TPSA) is 78.9 Å². The van der Waals surface area contributed by atoms with E-state index < -0.39 is 32.3 Å². The lowest BCUT2D eigenvalue weighted by Gasteiger charge is -2.16. The average molecular weight is 430 g/mol. The van der Waals surface area contributed by atoms with Gasteiger partial charge in [-0.25, -0.2) is 4.79 Å². The Balaban J connectivity index is 5.12. The van der Waals surface area contributed by atoms with Crippen molar-refractivity contribution in [2.75, 3.05) is 6.61 Å². The largest absolute Gasteiger partial charge is 0.460 e. The van der Waals surface area contributed by atoms with Crippen LogP contribution in [0.2, 0.25) is 0 Å². The van der Waals surface area contributed by atoms with Gasteiger partial charge in [0, 0.05) is 0 Å². The molecule has 0 fully saturated rings. The molecule has 0 aliphatic rings. The van der Waals surface area contributed by atoms with Crippen LogP contribution in [-0.2, 0) is 28.6 Å². The molecule has 0 aliphatic heterocycles. The van der Waals surface area contributed by atoms with Crippen molar-refractivity contribution in [1.82, 2.24) is 0 Å². The molecule has 8 heteroatoms. The summed E-state index contributed by atoms with van der Waals surface area (Å²) in [5.41, 5.74) is 0. The molecule has 0 aromatic carbocycles. The molecule has 0 saturated heterocycles. The first kappa shape index (κ1) is 20.1. The van der Waals surface area contributed by atoms with Crippen molar-refractivity contribution in [1.29, 1.82) is 0 Å². The quantitative estimate of drug-likeness (QED) is 0.212. The number of hydrogen-bond acceptors (Lipinski definition) is 6. The molecule has 0 amide bonds. The minimum absolute atomic E-state index is 0.0866. The fraction of sp³-hybridized carbons (Fsp3) is 0.615. The summed E-state index contributed by atoms with van der Waals surface area (Å²) in [6.07, 6.45) is 0.764. The molecule has 0 aromatic heterocycles. The second-order valence-electron chi connectivity index (χ2n) is 4.94. The van der Waals surface area contributed by atoms with Gasteiger partial charge in [-0.15, -0.1) is 0 Å². The number of rotatable bonds is 6. The van der Waals surface area contributed by atoms with Gasteiger partial charge >= 0.3 is 17.9 Å². The molecule has 0 aromatic rings. The van der Waals surface area contributed by atoms with E-state index in [1.54, 1.807) is 34.6 Å². The predicted octanol–water partition coefficient (Wildman–Crippen LogP) is 2.82. The van der Waals surface area contributed by atoms with E-state index in [0.29, 0.717) is 0 Å². The van der Waals surface area contributed by atoms with E-state index in [9.17, 15) is 14.4 Å². The maximum atomic E-state index is 11.8. The minimum atomic E-state index is -1.00. The fourth-order valence-corrected chi connectivity index (χ4v) is 0.959. The lowest BCUT2D eigenvalue weighted by Crippen LogP contribution is -2.29. The highest BCUT2D eigenvalue weighted by molar-refractivity contribution is 9.10. The average Bonchev–Trinajstić information content (AvgIpc) is 2.31. The van der Waals surface area contributed by atoms with Crippen LogP contribution in [0.4, 0.5) is 0 Å². The van der Waals surface area contributed by atoms with Gasteiger partial charge in [-0.2, -0.15) is 0 Å². The Bertz CT molecular complexity index is 443. The van der Waals surface area contributed by atoms with Crippen molar-refractivity contribution in [3.63, 3.8) is 0 Å². The third-order valence-electron chi connectivity index (χ3n) is 1.92. The molecule has 0 aliphatic carbocycles. The molecule has 0 bridgehead atoms. The van der Waals surface area contributed by atoms with E-state index in [4.69, 9.17) is 14.2 Å². The number of alkyl halides is 2. The van der Waals surface area contributed by atoms with Crippen LogP contribution < -0.4 is 0 Å². The predicted molar refractivity (Wildman–Crippen MR) is 82.9 cm³/mol. The molecular formula is C13H18Br2O6. The van der Waals surface area contributed by atoms with Gasteiger partial charge in [0.15, 0.2) is 0 Å². The van der Waals surface area contributed by atoms with E-state index in [-0.39, 0.29) is 6.61 Å². The standard InChI is InChI=1S/C13H18Br2O6/c1-6-19-9(16)8(21-11(18)13(4,5)15)7-20-10(17)12(2,3)14/h7H,6H2,1-5H3. The summed E-state index contributed by atoms with van der Waals surface area (Å²) in [4.78, 5) is 35.1. The molecule has 0 rings (SSSR count). The summed E-state index contributed by atoms with van der Waals surface area (Å²) in [6, 6.07) is 0. The minimum Gasteiger partial charge on any atom is -0.460 e. The smallest absolute Gasteiger partial charge is 0.377 e. The first-order valence-corrected chi connectivity index (χ1v) is 7.66. The number of halogens is 2. The van der Waals surface area contributed by atoms with Crippen molar-refractivity contribution in [2.45, 2.75) is 43.3 Å². The SMILES string of the molecule is CCOC(=O)C(=COC(=O)C(C)(C)Br)OC(=O)C(C)(C)Br. The Morgan fingerprint density at radius 1 is 1.00 bits per heavy atom. The van der Waals surface area contributed by atoms with Crippen LogP contribution in [0, 0.1) is 0 Å². The molecule has 0 N–H and O–H groups in total. The summed E-state index contributed by atoms with van der Waals surface area (Å²) in [5, 5.41) is 0. The van der Waals surface area contributed by atoms with E-state index in [0.717, 1.165) is 6.26 Å². The summed E-state index contributed by atoms with van der Waals surface area (Å²) >= 11 is 6.21. The molecule has 0 radical (unpaired) electrons. The maximum absolute atomic E-state index is 11.8. The van der Waals surface area contributed by atoms with Gasteiger partial charge in [0.1, 0.15) is 14.9 Å². The van der Waals surface area contributed by atoms with Crippen molar-refractivity contribution >= 4 is 49.8 Å². The van der Waals surface area contributed by atoms with Crippen molar-refractivity contribution in [3.05, 3.63) is 12.0 Å². The first-order chi connectivity index (χ1) is 9.39. The van der Waals surface area contributed by atoms with E-state index >= 15 is 0 Å². The highest BCUT2D eigenvalue weighted by Gasteiger charge is 2.30. The molecule has 6 nitrogen and oxygen atoms in total. The lowest BCUT2D eigenvalue weighted by molar-refractivity contribution is -0.153. The molecule has 0 atom stereocenters. The van der Waals surface area contributed by atoms with Crippen molar-refractivity contribution in [3.8, 4) is 0 Å². The normalized spacial score (nSPS) is 12.6. The number of hydrogen-bond donors (Lipinski definition) is 0. The van der Waals surface area contributed by atoms with Gasteiger partial charge < -0.3 is 14.2 Å². The van der Waals surface area contributed by atoms with Crippen LogP contribution in [0.1, 0.15) is 34.6 Å². The van der Waals surface area contributed by atoms with Crippen molar-refractivity contribution in [2.24, 2.45) is 0 Å². The maximum Gasteiger partial charge on any atom is 0.377 e. The summed E-state index contributed by atoms with van der Waals surface area (Å²) < 4.78 is 12.5. The zero-order valence-corrected chi connectivity index (χ0v) is 15.7. The molecular weight excluding hydrogens is 412 g/mol. The molecule has 0 heterocycles. The summed E-state index contributed by atoms with van der Waals surface area (Å²) in [6.45, 7) is 7.92. The monoisotopic (exact) mass is 428 g/mol. The van der Waals surface area contributed by atoms with Gasteiger partial charge in [0.25, 0.3) is 5.76 Å². The third kappa shape index (κ3) is 7.61. The zero-order valence-electron chi connectivity index (χ0n) is 12.5. The third-order valence-corrected chi connectivity index (χ3v) is 2.57. The van der Waals surface area contributed by atoms with Crippen LogP contribution in [0.3, 0.4) is 0 Å². The number of carbonyl (C=O) groups excluding carboxylic acids is 3. The van der Waals surface area contributed by atoms with E-state index in [1.807, 2.05) is 0 Å². The highest BCUT2D eigenvalue weighted by atomic mass is 79.9. The van der Waals surface area contributed by atoms with Crippen LogP contribution in [-0.4, -0.2) is 33.2 Å². The molecule has 0 saturated carbocycles. The summed E-state index contributed by atoms with van der Waals surface area (Å²) in [5.74, 6) is -2.78. The van der Waals surface area contributed by atoms with Gasteiger partial charge in [-0.05, 0) is 34.6 Å². The van der Waals surface area contributed by atoms with Gasteiger partial charge in [0.2, 0.25) is 0 Å². The van der Waals surface area contributed by atoms with Crippen LogP contribution in [0.5, 0.6) is 0 Å². The summed E-state index contributed by atoms with van der Waals surface area (Å²) in [7, 11) is 0. The Kier molecular flexibility index (Phi) is 7.60. The van der Waals surface area contributed by atoms with E-state index in [1.165, 1.54) is 0 Å². The second-order valence-corrected chi connectivity index (χ2v) is 8.91. The highest BCUT2D eigenvalue weighted by Crippen LogP contribution is 2.21. The molecule has 120 valence electrons. The fourth-order valence-electron chi connectivity index (χ4n) is 0.784. The first-order valence-electron chi connectivity index (χ1n) is 6.08. The van der Waals surface area contributed by atoms with Crippen LogP contribution in [0.15, 0.2) is 12.0 Å². The van der Waals surface area contributed by atoms with Gasteiger partial charge in [0.05, 0.1) is 6.61 Å². The van der Waals surface area contributed by atoms with Gasteiger partial charge in [-0.3, -0.25) is 9.59 Å². The number of ether oxygens (including phenoxy) is 3. The Morgan fingerprint density at radius 3 is 1.86 bits per heavy atom. The molecule has 0 spiro atoms. The number of esters is 3. The Labute approximate surface area is 140 Å². The van der Waals surface area contributed by atoms with Gasteiger partial charge in [-0.1, -0.05) is 31.9 Å². The second kappa shape index (κ2) is 7.93. The van der Waals surface area contributed by atoms with Crippen LogP contribution >= 0.6 is 31.9 Å². The molecule has 0 unspecified atom stereocenters. The zero-order chi connectivity index (χ0) is 16.8. The number of carbonyl (C=O) groups is 3. The Morgan fingerprint density at radius 2 is 1.48 bits per heavy atom. The Hall–Kier alpha value is -0.890. The van der Waals surface area contributed by atoms with Crippen molar-refractivity contribution < 1.29 is 28.6 Å². The molecule has 21 heavy (non-hydrogen) atoms. The lowest BCUT2D eigenvalue weighted by atomic mass is 10.2. The van der Waals surface area contributed by atoms with Crippen LogP contribution in [0.25, 0.3) is 0 Å².